The van der Waals surface area contributed by atoms with Gasteiger partial charge < -0.3 is 14.1 Å². The first-order chi connectivity index (χ1) is 15.7. The molecule has 162 valence electrons. The van der Waals surface area contributed by atoms with Gasteiger partial charge in [0.25, 0.3) is 0 Å². The van der Waals surface area contributed by atoms with E-state index in [2.05, 4.69) is 40.1 Å². The van der Waals surface area contributed by atoms with Gasteiger partial charge in [-0.2, -0.15) is 0 Å². The van der Waals surface area contributed by atoms with Gasteiger partial charge in [0.15, 0.2) is 5.76 Å². The summed E-state index contributed by atoms with van der Waals surface area (Å²) in [7, 11) is 1.61. The Balaban J connectivity index is 1.23. The minimum absolute atomic E-state index is 0.112. The van der Waals surface area contributed by atoms with Crippen molar-refractivity contribution in [3.63, 3.8) is 0 Å². The minimum Gasteiger partial charge on any atom is -0.497 e. The number of ether oxygens (including phenoxy) is 1. The Morgan fingerprint density at radius 2 is 1.66 bits per heavy atom. The molecule has 0 N–H and O–H groups in total. The standard InChI is InChI=1S/C27H26N2O3/c1-31-24-12-9-22-17-26(32-25(22)18-24)27(30)21-7-10-23(11-8-21)29-15-13-28(14-16-29)19-20-5-3-2-4-6-20/h2-12,17-18H,13-16,19H2,1H3. The summed E-state index contributed by atoms with van der Waals surface area (Å²) in [4.78, 5) is 17.8. The topological polar surface area (TPSA) is 45.9 Å². The van der Waals surface area contributed by atoms with Crippen molar-refractivity contribution in [2.45, 2.75) is 6.54 Å². The Morgan fingerprint density at radius 1 is 0.906 bits per heavy atom. The monoisotopic (exact) mass is 426 g/mol. The maximum atomic E-state index is 12.9. The molecule has 0 radical (unpaired) electrons. The zero-order valence-electron chi connectivity index (χ0n) is 18.2. The Hall–Kier alpha value is -3.57. The van der Waals surface area contributed by atoms with Crippen molar-refractivity contribution in [3.05, 3.63) is 95.7 Å². The molecular formula is C27H26N2O3. The number of rotatable bonds is 6. The van der Waals surface area contributed by atoms with Crippen LogP contribution in [0.4, 0.5) is 5.69 Å². The first-order valence-electron chi connectivity index (χ1n) is 10.9. The summed E-state index contributed by atoms with van der Waals surface area (Å²) in [6, 6.07) is 25.8. The summed E-state index contributed by atoms with van der Waals surface area (Å²) in [6.45, 7) is 5.00. The Morgan fingerprint density at radius 3 is 2.38 bits per heavy atom. The fraction of sp³-hybridized carbons (Fsp3) is 0.222. The van der Waals surface area contributed by atoms with Crippen molar-refractivity contribution < 1.29 is 13.9 Å². The molecule has 1 aliphatic heterocycles. The van der Waals surface area contributed by atoms with Gasteiger partial charge >= 0.3 is 0 Å². The van der Waals surface area contributed by atoms with Crippen molar-refractivity contribution in [3.8, 4) is 5.75 Å². The zero-order chi connectivity index (χ0) is 21.9. The van der Waals surface area contributed by atoms with Crippen LogP contribution in [0.1, 0.15) is 21.7 Å². The van der Waals surface area contributed by atoms with E-state index < -0.39 is 0 Å². The van der Waals surface area contributed by atoms with Crippen LogP contribution in [0.2, 0.25) is 0 Å². The van der Waals surface area contributed by atoms with Gasteiger partial charge in [-0.1, -0.05) is 30.3 Å². The molecule has 1 aliphatic rings. The number of carbonyl (C=O) groups is 1. The third kappa shape index (κ3) is 4.25. The van der Waals surface area contributed by atoms with Crippen LogP contribution in [0, 0.1) is 0 Å². The molecule has 32 heavy (non-hydrogen) atoms. The third-order valence-electron chi connectivity index (χ3n) is 6.07. The van der Waals surface area contributed by atoms with E-state index in [1.54, 1.807) is 19.2 Å². The molecule has 0 atom stereocenters. The summed E-state index contributed by atoms with van der Waals surface area (Å²) in [6.07, 6.45) is 0. The number of nitrogens with zero attached hydrogens (tertiary/aromatic N) is 2. The lowest BCUT2D eigenvalue weighted by molar-refractivity contribution is 0.101. The average molecular weight is 427 g/mol. The molecule has 0 saturated carbocycles. The molecule has 0 amide bonds. The molecule has 0 aliphatic carbocycles. The number of methoxy groups -OCH3 is 1. The summed E-state index contributed by atoms with van der Waals surface area (Å²) in [5.41, 5.74) is 3.78. The van der Waals surface area contributed by atoms with Crippen LogP contribution in [0.3, 0.4) is 0 Å². The fourth-order valence-corrected chi connectivity index (χ4v) is 4.22. The SMILES string of the molecule is COc1ccc2cc(C(=O)c3ccc(N4CCN(Cc5ccccc5)CC4)cc3)oc2c1. The van der Waals surface area contributed by atoms with Crippen molar-refractivity contribution in [1.82, 2.24) is 4.90 Å². The fourth-order valence-electron chi connectivity index (χ4n) is 4.22. The maximum absolute atomic E-state index is 12.9. The van der Waals surface area contributed by atoms with Crippen LogP contribution in [0.5, 0.6) is 5.75 Å². The van der Waals surface area contributed by atoms with Crippen molar-refractivity contribution in [2.75, 3.05) is 38.2 Å². The summed E-state index contributed by atoms with van der Waals surface area (Å²) in [5, 5.41) is 0.888. The predicted octanol–water partition coefficient (Wildman–Crippen LogP) is 4.99. The number of benzene rings is 3. The minimum atomic E-state index is -0.112. The highest BCUT2D eigenvalue weighted by Gasteiger charge is 2.19. The number of fused-ring (bicyclic) bond motifs is 1. The number of hydrogen-bond donors (Lipinski definition) is 0. The molecule has 3 aromatic carbocycles. The lowest BCUT2D eigenvalue weighted by Crippen LogP contribution is -2.45. The second-order valence-corrected chi connectivity index (χ2v) is 8.14. The van der Waals surface area contributed by atoms with E-state index in [1.807, 2.05) is 36.4 Å². The largest absolute Gasteiger partial charge is 0.497 e. The van der Waals surface area contributed by atoms with Crippen LogP contribution in [0.25, 0.3) is 11.0 Å². The molecule has 1 aromatic heterocycles. The molecule has 2 heterocycles. The Bertz CT molecular complexity index is 1210. The molecule has 4 aromatic rings. The van der Waals surface area contributed by atoms with Crippen molar-refractivity contribution >= 4 is 22.4 Å². The third-order valence-corrected chi connectivity index (χ3v) is 6.07. The molecule has 5 rings (SSSR count). The molecule has 1 saturated heterocycles. The highest BCUT2D eigenvalue weighted by molar-refractivity contribution is 6.09. The van der Waals surface area contributed by atoms with E-state index >= 15 is 0 Å². The highest BCUT2D eigenvalue weighted by Crippen LogP contribution is 2.26. The quantitative estimate of drug-likeness (QED) is 0.406. The van der Waals surface area contributed by atoms with Crippen LogP contribution in [-0.2, 0) is 6.54 Å². The average Bonchev–Trinajstić information content (AvgIpc) is 3.28. The molecular weight excluding hydrogens is 400 g/mol. The van der Waals surface area contributed by atoms with Gasteiger partial charge in [-0.25, -0.2) is 0 Å². The van der Waals surface area contributed by atoms with Crippen molar-refractivity contribution in [1.29, 1.82) is 0 Å². The lowest BCUT2D eigenvalue weighted by atomic mass is 10.1. The van der Waals surface area contributed by atoms with Gasteiger partial charge in [-0.3, -0.25) is 9.69 Å². The summed E-state index contributed by atoms with van der Waals surface area (Å²) < 4.78 is 11.0. The van der Waals surface area contributed by atoms with E-state index in [9.17, 15) is 4.79 Å². The predicted molar refractivity (Wildman–Crippen MR) is 127 cm³/mol. The second-order valence-electron chi connectivity index (χ2n) is 8.14. The Labute approximate surface area is 187 Å². The number of piperazine rings is 1. The molecule has 0 spiro atoms. The summed E-state index contributed by atoms with van der Waals surface area (Å²) >= 11 is 0. The Kier molecular flexibility index (Phi) is 5.65. The van der Waals surface area contributed by atoms with Gasteiger partial charge in [-0.15, -0.1) is 0 Å². The van der Waals surface area contributed by atoms with Crippen LogP contribution in [-0.4, -0.2) is 44.0 Å². The lowest BCUT2D eigenvalue weighted by Gasteiger charge is -2.36. The van der Waals surface area contributed by atoms with Gasteiger partial charge in [0.05, 0.1) is 7.11 Å². The molecule has 5 heteroatoms. The van der Waals surface area contributed by atoms with Gasteiger partial charge in [0, 0.05) is 55.4 Å². The van der Waals surface area contributed by atoms with Crippen molar-refractivity contribution in [2.24, 2.45) is 0 Å². The summed E-state index contributed by atoms with van der Waals surface area (Å²) in [5.74, 6) is 0.939. The number of hydrogen-bond acceptors (Lipinski definition) is 5. The number of furan rings is 1. The van der Waals surface area contributed by atoms with E-state index in [0.29, 0.717) is 22.7 Å². The van der Waals surface area contributed by atoms with Gasteiger partial charge in [0.2, 0.25) is 5.78 Å². The molecule has 5 nitrogen and oxygen atoms in total. The number of anilines is 1. The zero-order valence-corrected chi connectivity index (χ0v) is 18.2. The highest BCUT2D eigenvalue weighted by atomic mass is 16.5. The van der Waals surface area contributed by atoms with E-state index in [-0.39, 0.29) is 5.78 Å². The van der Waals surface area contributed by atoms with Crippen LogP contribution in [0.15, 0.2) is 83.3 Å². The van der Waals surface area contributed by atoms with E-state index in [4.69, 9.17) is 9.15 Å². The second kappa shape index (κ2) is 8.89. The van der Waals surface area contributed by atoms with E-state index in [0.717, 1.165) is 43.8 Å². The first-order valence-corrected chi connectivity index (χ1v) is 10.9. The number of carbonyl (C=O) groups excluding carboxylic acids is 1. The van der Waals surface area contributed by atoms with Crippen LogP contribution < -0.4 is 9.64 Å². The molecule has 0 bridgehead atoms. The smallest absolute Gasteiger partial charge is 0.228 e. The normalized spacial score (nSPS) is 14.6. The molecule has 0 unspecified atom stereocenters. The maximum Gasteiger partial charge on any atom is 0.228 e. The van der Waals surface area contributed by atoms with Crippen LogP contribution >= 0.6 is 0 Å². The van der Waals surface area contributed by atoms with E-state index in [1.165, 1.54) is 5.56 Å². The van der Waals surface area contributed by atoms with Gasteiger partial charge in [0.1, 0.15) is 11.3 Å². The van der Waals surface area contributed by atoms with Gasteiger partial charge in [-0.05, 0) is 48.0 Å². The molecule has 1 fully saturated rings. The number of ketones is 1. The first kappa shape index (κ1) is 20.3.